The fourth-order valence-corrected chi connectivity index (χ4v) is 1.73. The van der Waals surface area contributed by atoms with Gasteiger partial charge < -0.3 is 0 Å². The second-order valence-electron chi connectivity index (χ2n) is 1.86. The lowest BCUT2D eigenvalue weighted by Gasteiger charge is -2.10. The molecule has 0 nitrogen and oxygen atoms in total. The maximum atomic E-state index is 3.90. The third-order valence-corrected chi connectivity index (χ3v) is 2.19. The minimum atomic E-state index is 1.25. The summed E-state index contributed by atoms with van der Waals surface area (Å²) in [6.07, 6.45) is 2.51. The summed E-state index contributed by atoms with van der Waals surface area (Å²) in [5.74, 6) is 2.61. The number of hydrogen-bond acceptors (Lipinski definition) is 1. The molecule has 0 N–H and O–H groups in total. The fourth-order valence-electron chi connectivity index (χ4n) is 0.660. The van der Waals surface area contributed by atoms with Crippen LogP contribution in [0.15, 0.2) is 12.2 Å². The summed E-state index contributed by atoms with van der Waals surface area (Å²) in [6, 6.07) is 0. The Bertz CT molecular complexity index is 68.2. The Balaban J connectivity index is 2.25. The number of thioether (sulfide) groups is 1. The van der Waals surface area contributed by atoms with Crippen LogP contribution in [0.5, 0.6) is 0 Å². The van der Waals surface area contributed by atoms with Crippen LogP contribution in [0.4, 0.5) is 0 Å². The molecule has 0 aromatic rings. The average Bonchev–Trinajstić information content (AvgIpc) is 1.69. The summed E-state index contributed by atoms with van der Waals surface area (Å²) >= 11 is 2.04. The second kappa shape index (κ2) is 2.41. The van der Waals surface area contributed by atoms with Crippen molar-refractivity contribution < 1.29 is 0 Å². The van der Waals surface area contributed by atoms with Gasteiger partial charge in [-0.25, -0.2) is 0 Å². The molecule has 0 spiro atoms. The van der Waals surface area contributed by atoms with E-state index in [9.17, 15) is 0 Å². The first-order valence-corrected chi connectivity index (χ1v) is 3.79. The minimum Gasteiger partial charge on any atom is -0.161 e. The molecule has 1 heteroatoms. The summed E-state index contributed by atoms with van der Waals surface area (Å²) in [4.78, 5) is 0. The SMILES string of the molecule is C=C1CCSCC1. The Labute approximate surface area is 49.0 Å². The zero-order valence-corrected chi connectivity index (χ0v) is 5.26. The van der Waals surface area contributed by atoms with Crippen LogP contribution in [0, 0.1) is 0 Å². The highest BCUT2D eigenvalue weighted by Gasteiger charge is 2.00. The van der Waals surface area contributed by atoms with Gasteiger partial charge in [-0.05, 0) is 24.3 Å². The Morgan fingerprint density at radius 2 is 1.86 bits per heavy atom. The van der Waals surface area contributed by atoms with Gasteiger partial charge in [-0.1, -0.05) is 12.2 Å². The highest BCUT2D eigenvalue weighted by atomic mass is 32.2. The van der Waals surface area contributed by atoms with Gasteiger partial charge in [0, 0.05) is 0 Å². The summed E-state index contributed by atoms with van der Waals surface area (Å²) < 4.78 is 0. The van der Waals surface area contributed by atoms with Crippen molar-refractivity contribution in [3.05, 3.63) is 12.2 Å². The van der Waals surface area contributed by atoms with Crippen molar-refractivity contribution in [1.29, 1.82) is 0 Å². The Hall–Kier alpha value is 0.0900. The van der Waals surface area contributed by atoms with Gasteiger partial charge in [0.15, 0.2) is 0 Å². The lowest BCUT2D eigenvalue weighted by molar-refractivity contribution is 0.974. The first-order valence-electron chi connectivity index (χ1n) is 2.64. The molecule has 1 heterocycles. The molecule has 0 aromatic heterocycles. The molecule has 0 aliphatic carbocycles. The van der Waals surface area contributed by atoms with Gasteiger partial charge in [-0.2, -0.15) is 11.8 Å². The van der Waals surface area contributed by atoms with Crippen molar-refractivity contribution in [3.63, 3.8) is 0 Å². The summed E-state index contributed by atoms with van der Waals surface area (Å²) in [5, 5.41) is 0. The normalized spacial score (nSPS) is 22.6. The fraction of sp³-hybridized carbons (Fsp3) is 0.667. The smallest absolute Gasteiger partial charge is 0.00302 e. The first-order chi connectivity index (χ1) is 3.39. The van der Waals surface area contributed by atoms with E-state index in [-0.39, 0.29) is 0 Å². The zero-order chi connectivity index (χ0) is 5.11. The van der Waals surface area contributed by atoms with Crippen LogP contribution in [0.2, 0.25) is 0 Å². The van der Waals surface area contributed by atoms with E-state index in [1.54, 1.807) is 0 Å². The quantitative estimate of drug-likeness (QED) is 0.434. The Morgan fingerprint density at radius 1 is 1.29 bits per heavy atom. The summed E-state index contributed by atoms with van der Waals surface area (Å²) in [6.45, 7) is 3.90. The van der Waals surface area contributed by atoms with E-state index in [0.717, 1.165) is 0 Å². The standard InChI is InChI=1S/C6H10S/c1-6-2-4-7-5-3-6/h1-5H2. The molecule has 1 saturated heterocycles. The third-order valence-electron chi connectivity index (χ3n) is 1.20. The molecule has 1 aliphatic rings. The molecule has 1 rings (SSSR count). The summed E-state index contributed by atoms with van der Waals surface area (Å²) in [5.41, 5.74) is 1.44. The maximum absolute atomic E-state index is 3.90. The molecule has 1 aliphatic heterocycles. The van der Waals surface area contributed by atoms with E-state index in [4.69, 9.17) is 0 Å². The lowest BCUT2D eigenvalue weighted by Crippen LogP contribution is -1.95. The van der Waals surface area contributed by atoms with Crippen LogP contribution in [0.1, 0.15) is 12.8 Å². The highest BCUT2D eigenvalue weighted by Crippen LogP contribution is 2.19. The van der Waals surface area contributed by atoms with E-state index in [2.05, 4.69) is 6.58 Å². The van der Waals surface area contributed by atoms with Crippen molar-refractivity contribution >= 4 is 11.8 Å². The van der Waals surface area contributed by atoms with Crippen molar-refractivity contribution in [1.82, 2.24) is 0 Å². The monoisotopic (exact) mass is 114 g/mol. The molecule has 0 bridgehead atoms. The zero-order valence-electron chi connectivity index (χ0n) is 4.44. The van der Waals surface area contributed by atoms with Crippen molar-refractivity contribution in [2.24, 2.45) is 0 Å². The molecular weight excluding hydrogens is 104 g/mol. The van der Waals surface area contributed by atoms with Crippen LogP contribution >= 0.6 is 11.8 Å². The molecule has 0 saturated carbocycles. The minimum absolute atomic E-state index is 1.25. The van der Waals surface area contributed by atoms with E-state index in [0.29, 0.717) is 0 Å². The van der Waals surface area contributed by atoms with E-state index in [1.807, 2.05) is 11.8 Å². The molecule has 1 fully saturated rings. The molecule has 40 valence electrons. The third kappa shape index (κ3) is 1.56. The largest absolute Gasteiger partial charge is 0.161 e. The first kappa shape index (κ1) is 5.23. The lowest BCUT2D eigenvalue weighted by atomic mass is 10.2. The molecule has 0 radical (unpaired) electrons. The summed E-state index contributed by atoms with van der Waals surface area (Å²) in [7, 11) is 0. The molecule has 0 amide bonds. The van der Waals surface area contributed by atoms with Gasteiger partial charge in [0.05, 0.1) is 0 Å². The van der Waals surface area contributed by atoms with Crippen LogP contribution in [0.25, 0.3) is 0 Å². The van der Waals surface area contributed by atoms with E-state index in [1.165, 1.54) is 29.9 Å². The number of allylic oxidation sites excluding steroid dienone is 1. The van der Waals surface area contributed by atoms with Crippen LogP contribution in [-0.4, -0.2) is 11.5 Å². The highest BCUT2D eigenvalue weighted by molar-refractivity contribution is 7.99. The van der Waals surface area contributed by atoms with Gasteiger partial charge >= 0.3 is 0 Å². The van der Waals surface area contributed by atoms with Crippen LogP contribution < -0.4 is 0 Å². The predicted molar refractivity (Wildman–Crippen MR) is 35.7 cm³/mol. The van der Waals surface area contributed by atoms with Gasteiger partial charge in [0.2, 0.25) is 0 Å². The molecular formula is C6H10S. The Morgan fingerprint density at radius 3 is 2.14 bits per heavy atom. The number of rotatable bonds is 0. The Kier molecular flexibility index (Phi) is 1.80. The molecule has 7 heavy (non-hydrogen) atoms. The van der Waals surface area contributed by atoms with Crippen molar-refractivity contribution in [2.45, 2.75) is 12.8 Å². The second-order valence-corrected chi connectivity index (χ2v) is 3.09. The van der Waals surface area contributed by atoms with Crippen LogP contribution in [-0.2, 0) is 0 Å². The predicted octanol–water partition coefficient (Wildman–Crippen LogP) is 2.07. The average molecular weight is 114 g/mol. The molecule has 0 unspecified atom stereocenters. The molecule has 0 aromatic carbocycles. The van der Waals surface area contributed by atoms with Crippen molar-refractivity contribution in [3.8, 4) is 0 Å². The van der Waals surface area contributed by atoms with Gasteiger partial charge in [0.1, 0.15) is 0 Å². The van der Waals surface area contributed by atoms with Gasteiger partial charge in [0.25, 0.3) is 0 Å². The number of hydrogen-bond donors (Lipinski definition) is 0. The van der Waals surface area contributed by atoms with Crippen molar-refractivity contribution in [2.75, 3.05) is 11.5 Å². The van der Waals surface area contributed by atoms with E-state index >= 15 is 0 Å². The maximum Gasteiger partial charge on any atom is -0.00302 e. The van der Waals surface area contributed by atoms with Gasteiger partial charge in [-0.3, -0.25) is 0 Å². The topological polar surface area (TPSA) is 0 Å². The van der Waals surface area contributed by atoms with Gasteiger partial charge in [-0.15, -0.1) is 0 Å². The van der Waals surface area contributed by atoms with Crippen LogP contribution in [0.3, 0.4) is 0 Å². The van der Waals surface area contributed by atoms with E-state index < -0.39 is 0 Å². The molecule has 0 atom stereocenters.